The van der Waals surface area contributed by atoms with Gasteiger partial charge in [0.1, 0.15) is 17.2 Å². The molecule has 4 rings (SSSR count). The standard InChI is InChI=1S/C20H17F3N4O/c1-10-18-11(2)26-19(14-6-4-3-5-12(14)9-24)27(18)15-7-13(21)8-16(17(15)25-10)28-20(22)23/h3-8,20H,9,24H2,1-2H3. The maximum Gasteiger partial charge on any atom is 0.387 e. The SMILES string of the molecule is Cc1nc(-c2ccccc2CN)n2c1c(C)nc1c(OC(F)F)cc(F)cc12. The van der Waals surface area contributed by atoms with Gasteiger partial charge in [0.15, 0.2) is 5.75 Å². The number of alkyl halides is 2. The second-order valence-electron chi connectivity index (χ2n) is 6.41. The van der Waals surface area contributed by atoms with Crippen LogP contribution in [0.2, 0.25) is 0 Å². The summed E-state index contributed by atoms with van der Waals surface area (Å²) in [5, 5.41) is 0. The van der Waals surface area contributed by atoms with E-state index in [2.05, 4.69) is 14.7 Å². The number of imidazole rings is 1. The highest BCUT2D eigenvalue weighted by molar-refractivity contribution is 5.88. The summed E-state index contributed by atoms with van der Waals surface area (Å²) in [6.45, 7) is 0.766. The highest BCUT2D eigenvalue weighted by atomic mass is 19.3. The first-order chi connectivity index (χ1) is 13.4. The highest BCUT2D eigenvalue weighted by Crippen LogP contribution is 2.34. The summed E-state index contributed by atoms with van der Waals surface area (Å²) in [6.07, 6.45) is 0. The van der Waals surface area contributed by atoms with Gasteiger partial charge in [0.25, 0.3) is 0 Å². The summed E-state index contributed by atoms with van der Waals surface area (Å²) in [4.78, 5) is 9.05. The molecule has 144 valence electrons. The number of rotatable bonds is 4. The van der Waals surface area contributed by atoms with Crippen LogP contribution in [0.15, 0.2) is 36.4 Å². The lowest BCUT2D eigenvalue weighted by Gasteiger charge is -2.13. The molecule has 2 N–H and O–H groups in total. The van der Waals surface area contributed by atoms with E-state index >= 15 is 0 Å². The molecule has 5 nitrogen and oxygen atoms in total. The number of nitrogens with zero attached hydrogens (tertiary/aromatic N) is 3. The molecule has 4 aromatic rings. The molecule has 2 aromatic heterocycles. The Hall–Kier alpha value is -3.13. The first-order valence-corrected chi connectivity index (χ1v) is 8.62. The number of aryl methyl sites for hydroxylation is 2. The van der Waals surface area contributed by atoms with Crippen LogP contribution in [-0.2, 0) is 6.54 Å². The minimum atomic E-state index is -3.09. The molecule has 0 saturated heterocycles. The zero-order chi connectivity index (χ0) is 20.0. The summed E-state index contributed by atoms with van der Waals surface area (Å²) < 4.78 is 46.2. The van der Waals surface area contributed by atoms with Crippen molar-refractivity contribution in [3.8, 4) is 17.1 Å². The lowest BCUT2D eigenvalue weighted by atomic mass is 10.1. The zero-order valence-electron chi connectivity index (χ0n) is 15.2. The summed E-state index contributed by atoms with van der Waals surface area (Å²) in [5.41, 5.74) is 9.88. The fraction of sp³-hybridized carbons (Fsp3) is 0.200. The summed E-state index contributed by atoms with van der Waals surface area (Å²) in [7, 11) is 0. The van der Waals surface area contributed by atoms with Crippen LogP contribution in [0.25, 0.3) is 27.9 Å². The molecule has 0 saturated carbocycles. The average Bonchev–Trinajstić information content (AvgIpc) is 3.00. The Morgan fingerprint density at radius 3 is 2.54 bits per heavy atom. The van der Waals surface area contributed by atoms with Crippen LogP contribution < -0.4 is 10.5 Å². The predicted molar refractivity (Wildman–Crippen MR) is 99.9 cm³/mol. The monoisotopic (exact) mass is 386 g/mol. The third kappa shape index (κ3) is 2.86. The molecule has 0 atom stereocenters. The molecule has 0 fully saturated rings. The van der Waals surface area contributed by atoms with Gasteiger partial charge in [-0.1, -0.05) is 24.3 Å². The Kier molecular flexibility index (Phi) is 4.43. The average molecular weight is 386 g/mol. The normalized spacial score (nSPS) is 11.7. The molecule has 0 aliphatic carbocycles. The minimum Gasteiger partial charge on any atom is -0.432 e. The number of hydrogen-bond donors (Lipinski definition) is 1. The molecule has 0 unspecified atom stereocenters. The van der Waals surface area contributed by atoms with Gasteiger partial charge in [-0.2, -0.15) is 8.78 Å². The molecule has 0 radical (unpaired) electrons. The summed E-state index contributed by atoms with van der Waals surface area (Å²) in [5.74, 6) is -0.489. The molecule has 2 aromatic carbocycles. The van der Waals surface area contributed by atoms with Gasteiger partial charge in [0.05, 0.1) is 22.4 Å². The minimum absolute atomic E-state index is 0.135. The van der Waals surface area contributed by atoms with Gasteiger partial charge in [-0.3, -0.25) is 4.40 Å². The van der Waals surface area contributed by atoms with Crippen LogP contribution in [0.5, 0.6) is 5.75 Å². The van der Waals surface area contributed by atoms with Crippen molar-refractivity contribution < 1.29 is 17.9 Å². The number of halogens is 3. The van der Waals surface area contributed by atoms with Gasteiger partial charge < -0.3 is 10.5 Å². The largest absolute Gasteiger partial charge is 0.432 e. The van der Waals surface area contributed by atoms with Gasteiger partial charge >= 0.3 is 6.61 Å². The van der Waals surface area contributed by atoms with Crippen molar-refractivity contribution in [3.63, 3.8) is 0 Å². The Morgan fingerprint density at radius 2 is 1.82 bits per heavy atom. The lowest BCUT2D eigenvalue weighted by molar-refractivity contribution is -0.0490. The van der Waals surface area contributed by atoms with Crippen LogP contribution >= 0.6 is 0 Å². The van der Waals surface area contributed by atoms with E-state index in [1.807, 2.05) is 31.2 Å². The predicted octanol–water partition coefficient (Wildman–Crippen LogP) is 4.37. The summed E-state index contributed by atoms with van der Waals surface area (Å²) in [6, 6.07) is 9.62. The van der Waals surface area contributed by atoms with E-state index < -0.39 is 12.4 Å². The van der Waals surface area contributed by atoms with Crippen molar-refractivity contribution in [1.29, 1.82) is 0 Å². The summed E-state index contributed by atoms with van der Waals surface area (Å²) >= 11 is 0. The topological polar surface area (TPSA) is 65.4 Å². The van der Waals surface area contributed by atoms with E-state index in [1.54, 1.807) is 11.3 Å². The van der Waals surface area contributed by atoms with E-state index in [1.165, 1.54) is 6.07 Å². The van der Waals surface area contributed by atoms with Crippen molar-refractivity contribution in [3.05, 3.63) is 59.2 Å². The fourth-order valence-electron chi connectivity index (χ4n) is 3.53. The molecule has 0 aliphatic rings. The van der Waals surface area contributed by atoms with Gasteiger partial charge in [-0.15, -0.1) is 0 Å². The van der Waals surface area contributed by atoms with Crippen molar-refractivity contribution in [2.24, 2.45) is 5.73 Å². The van der Waals surface area contributed by atoms with Crippen molar-refractivity contribution in [2.45, 2.75) is 27.0 Å². The maximum absolute atomic E-state index is 14.3. The van der Waals surface area contributed by atoms with Gasteiger partial charge in [0, 0.05) is 24.2 Å². The lowest BCUT2D eigenvalue weighted by Crippen LogP contribution is -2.06. The van der Waals surface area contributed by atoms with Crippen LogP contribution in [0.1, 0.15) is 17.0 Å². The van der Waals surface area contributed by atoms with Crippen molar-refractivity contribution in [2.75, 3.05) is 0 Å². The Balaban J connectivity index is 2.16. The first kappa shape index (κ1) is 18.2. The number of hydrogen-bond acceptors (Lipinski definition) is 4. The number of aromatic nitrogens is 3. The van der Waals surface area contributed by atoms with E-state index in [0.29, 0.717) is 34.8 Å². The van der Waals surface area contributed by atoms with Crippen LogP contribution in [0, 0.1) is 19.7 Å². The van der Waals surface area contributed by atoms with E-state index in [-0.39, 0.29) is 11.3 Å². The van der Waals surface area contributed by atoms with Crippen LogP contribution in [0.4, 0.5) is 13.2 Å². The van der Waals surface area contributed by atoms with E-state index in [4.69, 9.17) is 5.73 Å². The fourth-order valence-corrected chi connectivity index (χ4v) is 3.53. The number of fused-ring (bicyclic) bond motifs is 3. The molecular weight excluding hydrogens is 369 g/mol. The molecule has 0 bridgehead atoms. The number of ether oxygens (including phenoxy) is 1. The molecule has 8 heteroatoms. The van der Waals surface area contributed by atoms with Crippen molar-refractivity contribution >= 4 is 16.6 Å². The number of benzene rings is 2. The molecule has 0 spiro atoms. The van der Waals surface area contributed by atoms with Gasteiger partial charge in [-0.05, 0) is 19.4 Å². The third-order valence-electron chi connectivity index (χ3n) is 4.63. The molecule has 28 heavy (non-hydrogen) atoms. The zero-order valence-corrected chi connectivity index (χ0v) is 15.2. The molecule has 0 aliphatic heterocycles. The first-order valence-electron chi connectivity index (χ1n) is 8.62. The Labute approximate surface area is 158 Å². The van der Waals surface area contributed by atoms with E-state index in [0.717, 1.165) is 17.2 Å². The quantitative estimate of drug-likeness (QED) is 0.566. The molecule has 2 heterocycles. The van der Waals surface area contributed by atoms with Gasteiger partial charge in [-0.25, -0.2) is 14.4 Å². The third-order valence-corrected chi connectivity index (χ3v) is 4.63. The smallest absolute Gasteiger partial charge is 0.387 e. The Morgan fingerprint density at radius 1 is 1.11 bits per heavy atom. The maximum atomic E-state index is 14.3. The molecular formula is C20H17F3N4O. The second-order valence-corrected chi connectivity index (χ2v) is 6.41. The van der Waals surface area contributed by atoms with Crippen LogP contribution in [0.3, 0.4) is 0 Å². The van der Waals surface area contributed by atoms with Crippen molar-refractivity contribution in [1.82, 2.24) is 14.4 Å². The van der Waals surface area contributed by atoms with Gasteiger partial charge in [0.2, 0.25) is 0 Å². The highest BCUT2D eigenvalue weighted by Gasteiger charge is 2.21. The number of nitrogens with two attached hydrogens (primary N) is 1. The molecule has 0 amide bonds. The second kappa shape index (κ2) is 6.79. The Bertz CT molecular complexity index is 1200. The van der Waals surface area contributed by atoms with Crippen LogP contribution in [-0.4, -0.2) is 21.0 Å². The van der Waals surface area contributed by atoms with E-state index in [9.17, 15) is 13.2 Å².